The summed E-state index contributed by atoms with van der Waals surface area (Å²) >= 11 is 1.51. The van der Waals surface area contributed by atoms with Crippen molar-refractivity contribution in [2.75, 3.05) is 82.4 Å². The van der Waals surface area contributed by atoms with Gasteiger partial charge in [-0.25, -0.2) is 14.7 Å². The van der Waals surface area contributed by atoms with E-state index in [4.69, 9.17) is 33.7 Å². The molecule has 3 aliphatic heterocycles. The van der Waals surface area contributed by atoms with Gasteiger partial charge in [0.05, 0.1) is 84.7 Å². The summed E-state index contributed by atoms with van der Waals surface area (Å²) in [6.07, 6.45) is -5.06. The number of likely N-dealkylation sites (tertiary alicyclic amines) is 1. The van der Waals surface area contributed by atoms with Crippen molar-refractivity contribution >= 4 is 52.4 Å². The molecule has 2 N–H and O–H groups in total. The number of urea groups is 1. The molecule has 82 heavy (non-hydrogen) atoms. The molecule has 2 saturated heterocycles. The van der Waals surface area contributed by atoms with Crippen LogP contribution in [-0.4, -0.2) is 146 Å². The number of fused-ring (bicyclic) bond motifs is 1. The van der Waals surface area contributed by atoms with Crippen LogP contribution in [0.5, 0.6) is 11.5 Å². The van der Waals surface area contributed by atoms with Crippen molar-refractivity contribution in [1.29, 1.82) is 5.26 Å². The fourth-order valence-corrected chi connectivity index (χ4v) is 10.9. The zero-order chi connectivity index (χ0) is 58.7. The highest BCUT2D eigenvalue weighted by Crippen LogP contribution is 2.40. The molecule has 0 radical (unpaired) electrons. The van der Waals surface area contributed by atoms with Crippen LogP contribution in [-0.2, 0) is 52.6 Å². The highest BCUT2D eigenvalue weighted by Gasteiger charge is 2.53. The number of carbonyl (C=O) groups excluding carboxylic acids is 5. The zero-order valence-corrected chi connectivity index (χ0v) is 47.1. The average Bonchev–Trinajstić information content (AvgIpc) is 2.73. The topological polar surface area (TPSA) is 223 Å². The van der Waals surface area contributed by atoms with Gasteiger partial charge in [0.15, 0.2) is 0 Å². The van der Waals surface area contributed by atoms with Crippen LogP contribution in [0.2, 0.25) is 0 Å². The number of nitrogens with one attached hydrogen (secondary N) is 1. The van der Waals surface area contributed by atoms with E-state index in [2.05, 4.69) is 10.3 Å². The minimum Gasteiger partial charge on any atom is -0.491 e. The molecular weight excluding hydrogens is 1090 g/mol. The van der Waals surface area contributed by atoms with Crippen molar-refractivity contribution < 1.29 is 70.7 Å². The van der Waals surface area contributed by atoms with Gasteiger partial charge in [0, 0.05) is 56.1 Å². The van der Waals surface area contributed by atoms with Gasteiger partial charge >= 0.3 is 12.2 Å². The molecule has 3 aliphatic rings. The zero-order valence-electron chi connectivity index (χ0n) is 46.2. The van der Waals surface area contributed by atoms with Crippen molar-refractivity contribution in [2.24, 2.45) is 5.92 Å². The fraction of sp³-hybridized carbons (Fsp3) is 0.441. The Morgan fingerprint density at radius 1 is 0.854 bits per heavy atom. The van der Waals surface area contributed by atoms with Gasteiger partial charge in [-0.15, -0.1) is 11.3 Å². The van der Waals surface area contributed by atoms with E-state index >= 15 is 0 Å². The van der Waals surface area contributed by atoms with Crippen molar-refractivity contribution in [3.8, 4) is 28.0 Å². The number of imide groups is 1. The molecule has 23 heteroatoms. The van der Waals surface area contributed by atoms with Crippen LogP contribution in [0, 0.1) is 24.2 Å². The fourth-order valence-electron chi connectivity index (χ4n) is 10.1. The number of carbonyl (C=O) groups is 5. The molecular formula is C59H66F3N7O12S. The van der Waals surface area contributed by atoms with E-state index in [1.54, 1.807) is 46.8 Å². The van der Waals surface area contributed by atoms with Crippen molar-refractivity contribution in [1.82, 2.24) is 20.1 Å². The van der Waals surface area contributed by atoms with Gasteiger partial charge in [-0.2, -0.15) is 18.4 Å². The van der Waals surface area contributed by atoms with Crippen LogP contribution in [0.4, 0.5) is 29.3 Å². The van der Waals surface area contributed by atoms with E-state index < -0.39 is 58.9 Å². The SMILES string of the molecule is Cc1ncsc1-c1ccc(CNC(=O)[C@@H]2C[C@@H](O)CN2C(=O)[C@H](C(C)C)N2Cc3ccccc3C2=O)c(OCCOCCOCCCOCCOCCOc2ccc(N3C(=O)N(c4ccc(C#N)c(C(F)(F)F)c4)C(=O)C3(C)C)cc2)c1. The van der Waals surface area contributed by atoms with Gasteiger partial charge in [-0.05, 0) is 98.8 Å². The Balaban J connectivity index is 0.698. The number of aliphatic hydroxyl groups excluding tert-OH is 1. The lowest BCUT2D eigenvalue weighted by atomic mass is 10.0. The summed E-state index contributed by atoms with van der Waals surface area (Å²) in [5, 5.41) is 22.9. The number of halogens is 3. The molecule has 0 spiro atoms. The molecule has 19 nitrogen and oxygen atoms in total. The smallest absolute Gasteiger partial charge is 0.417 e. The van der Waals surface area contributed by atoms with Gasteiger partial charge in [-0.3, -0.25) is 24.1 Å². The first-order valence-corrected chi connectivity index (χ1v) is 27.8. The Bertz CT molecular complexity index is 3130. The highest BCUT2D eigenvalue weighted by molar-refractivity contribution is 7.13. The first-order chi connectivity index (χ1) is 39.3. The highest BCUT2D eigenvalue weighted by atomic mass is 32.1. The lowest BCUT2D eigenvalue weighted by molar-refractivity contribution is -0.143. The molecule has 3 atom stereocenters. The number of aryl methyl sites for hydroxylation is 1. The maximum atomic E-state index is 14.2. The second kappa shape index (κ2) is 27.1. The molecule has 4 aromatic carbocycles. The number of alkyl halides is 3. The maximum absolute atomic E-state index is 14.2. The van der Waals surface area contributed by atoms with E-state index in [-0.39, 0.29) is 75.9 Å². The lowest BCUT2D eigenvalue weighted by Gasteiger charge is -2.35. The van der Waals surface area contributed by atoms with E-state index in [1.807, 2.05) is 51.1 Å². The molecule has 436 valence electrons. The first kappa shape index (κ1) is 60.6. The Kier molecular flexibility index (Phi) is 20.0. The van der Waals surface area contributed by atoms with E-state index in [0.717, 1.165) is 33.8 Å². The number of hydrogen-bond donors (Lipinski definition) is 2. The number of rotatable bonds is 27. The van der Waals surface area contributed by atoms with E-state index in [0.29, 0.717) is 85.3 Å². The molecule has 4 heterocycles. The largest absolute Gasteiger partial charge is 0.491 e. The third kappa shape index (κ3) is 14.1. The number of nitriles is 1. The van der Waals surface area contributed by atoms with E-state index in [9.17, 15) is 42.3 Å². The lowest BCUT2D eigenvalue weighted by Crippen LogP contribution is -2.55. The number of benzene rings is 4. The molecule has 8 rings (SSSR count). The summed E-state index contributed by atoms with van der Waals surface area (Å²) in [7, 11) is 0. The molecule has 0 aliphatic carbocycles. The number of aliphatic hydroxyl groups is 1. The number of thiazole rings is 1. The van der Waals surface area contributed by atoms with Gasteiger partial charge < -0.3 is 48.6 Å². The molecule has 0 bridgehead atoms. The average molecular weight is 1150 g/mol. The predicted octanol–water partition coefficient (Wildman–Crippen LogP) is 7.93. The van der Waals surface area contributed by atoms with Crippen LogP contribution in [0.25, 0.3) is 10.4 Å². The molecule has 0 saturated carbocycles. The number of ether oxygens (including phenoxy) is 6. The minimum atomic E-state index is -4.87. The number of hydrogen-bond acceptors (Lipinski definition) is 15. The molecule has 1 aromatic heterocycles. The second-order valence-corrected chi connectivity index (χ2v) is 21.5. The van der Waals surface area contributed by atoms with Crippen molar-refractivity contribution in [3.05, 3.63) is 124 Å². The molecule has 6 amide bonds. The van der Waals surface area contributed by atoms with Crippen LogP contribution in [0.3, 0.4) is 0 Å². The number of nitrogens with zero attached hydrogens (tertiary/aromatic N) is 6. The minimum absolute atomic E-state index is 0.0229. The molecule has 0 unspecified atom stereocenters. The summed E-state index contributed by atoms with van der Waals surface area (Å²) in [5.41, 5.74) is 2.37. The normalized spacial score (nSPS) is 17.2. The Morgan fingerprint density at radius 3 is 2.13 bits per heavy atom. The van der Waals surface area contributed by atoms with Crippen molar-refractivity contribution in [3.63, 3.8) is 0 Å². The van der Waals surface area contributed by atoms with Crippen LogP contribution >= 0.6 is 11.3 Å². The predicted molar refractivity (Wildman–Crippen MR) is 296 cm³/mol. The summed E-state index contributed by atoms with van der Waals surface area (Å²) in [6, 6.07) is 20.9. The summed E-state index contributed by atoms with van der Waals surface area (Å²) in [4.78, 5) is 78.8. The van der Waals surface area contributed by atoms with Gasteiger partial charge in [0.2, 0.25) is 11.8 Å². The summed E-state index contributed by atoms with van der Waals surface area (Å²) in [6.45, 7) is 12.3. The first-order valence-electron chi connectivity index (χ1n) is 26.9. The number of β-amino-alcohol motifs (C(OH)–C–C–N with tert-alkyl or cyclic N) is 1. The van der Waals surface area contributed by atoms with Gasteiger partial charge in [0.1, 0.15) is 42.3 Å². The van der Waals surface area contributed by atoms with Crippen LogP contribution in [0.15, 0.2) is 90.4 Å². The third-order valence-electron chi connectivity index (χ3n) is 14.2. The Labute approximate surface area is 477 Å². The monoisotopic (exact) mass is 1150 g/mol. The quantitative estimate of drug-likeness (QED) is 0.0377. The molecule has 5 aromatic rings. The van der Waals surface area contributed by atoms with E-state index in [1.165, 1.54) is 41.1 Å². The second-order valence-electron chi connectivity index (χ2n) is 20.6. The van der Waals surface area contributed by atoms with Crippen molar-refractivity contribution in [2.45, 2.75) is 90.5 Å². The number of amides is 6. The van der Waals surface area contributed by atoms with Crippen LogP contribution < -0.4 is 24.6 Å². The number of aromatic nitrogens is 1. The maximum Gasteiger partial charge on any atom is 0.417 e. The van der Waals surface area contributed by atoms with Gasteiger partial charge in [0.25, 0.3) is 11.8 Å². The Morgan fingerprint density at radius 2 is 1.50 bits per heavy atom. The summed E-state index contributed by atoms with van der Waals surface area (Å²) in [5.74, 6) is -1.01. The molecule has 2 fully saturated rings. The number of anilines is 2. The summed E-state index contributed by atoms with van der Waals surface area (Å²) < 4.78 is 75.8. The van der Waals surface area contributed by atoms with Gasteiger partial charge in [-0.1, -0.05) is 44.2 Å². The standard InChI is InChI=1S/C59H66F3N7O12S/c1-37(2)51(67-34-42-9-6-7-10-47(42)54(67)72)55(73)66-35-45(70)31-49(66)53(71)64-33-41-12-11-39(52-38(3)65-36-82-52)29-50(41)81-28-26-79-24-22-77-20-8-19-76-21-23-78-25-27-80-46-17-15-43(16-18-46)69-57(75)68(56(74)58(69,4)5)44-14-13-40(32-63)48(30-44)59(60,61)62/h6-7,9-18,29-30,36-37,45,49,51,70H,8,19-28,31,33-35H2,1-5H3,(H,64,71)/t45-,49+,51+/m1/s1. The third-order valence-corrected chi connectivity index (χ3v) is 15.2. The Hall–Kier alpha value is -7.46. The van der Waals surface area contributed by atoms with Crippen LogP contribution in [0.1, 0.15) is 78.8 Å².